The minimum Gasteiger partial charge on any atom is -0.465 e. The number of hydrogen-bond donors (Lipinski definition) is 0. The first-order valence-electron chi connectivity index (χ1n) is 5.33. The lowest BCUT2D eigenvalue weighted by Crippen LogP contribution is -2.09. The van der Waals surface area contributed by atoms with Crippen molar-refractivity contribution in [3.63, 3.8) is 0 Å². The number of nitrogens with zero attached hydrogens (tertiary/aromatic N) is 3. The zero-order valence-electron chi connectivity index (χ0n) is 9.84. The maximum atomic E-state index is 11.3. The number of hydrogen-bond acceptors (Lipinski definition) is 5. The van der Waals surface area contributed by atoms with Crippen molar-refractivity contribution in [3.05, 3.63) is 6.33 Å². The first-order chi connectivity index (χ1) is 7.65. The summed E-state index contributed by atoms with van der Waals surface area (Å²) in [4.78, 5) is 11.3. The van der Waals surface area contributed by atoms with Gasteiger partial charge in [0.2, 0.25) is 0 Å². The van der Waals surface area contributed by atoms with Crippen LogP contribution in [0, 0.1) is 0 Å². The standard InChI is InChI=1S/C10H17N3O2S/c1-4-5-15-9(14)6-16-10-12-11-7-13(10)8(2)3/h7-8H,4-6H2,1-3H3. The lowest BCUT2D eigenvalue weighted by molar-refractivity contribution is -0.140. The summed E-state index contributed by atoms with van der Waals surface area (Å²) in [5.41, 5.74) is 0. The number of esters is 1. The Morgan fingerprint density at radius 3 is 3.00 bits per heavy atom. The molecular formula is C10H17N3O2S. The van der Waals surface area contributed by atoms with Gasteiger partial charge in [0.05, 0.1) is 12.4 Å². The Morgan fingerprint density at radius 2 is 2.38 bits per heavy atom. The molecule has 90 valence electrons. The minimum absolute atomic E-state index is 0.204. The number of thioether (sulfide) groups is 1. The van der Waals surface area contributed by atoms with Crippen LogP contribution in [0.1, 0.15) is 33.2 Å². The maximum Gasteiger partial charge on any atom is 0.316 e. The molecule has 0 bridgehead atoms. The monoisotopic (exact) mass is 243 g/mol. The van der Waals surface area contributed by atoms with Gasteiger partial charge in [-0.3, -0.25) is 4.79 Å². The molecule has 0 N–H and O–H groups in total. The topological polar surface area (TPSA) is 57.0 Å². The summed E-state index contributed by atoms with van der Waals surface area (Å²) in [5, 5.41) is 8.53. The van der Waals surface area contributed by atoms with Crippen molar-refractivity contribution in [2.45, 2.75) is 38.4 Å². The van der Waals surface area contributed by atoms with Crippen LogP contribution in [0.5, 0.6) is 0 Å². The summed E-state index contributed by atoms with van der Waals surface area (Å²) in [7, 11) is 0. The number of carbonyl (C=O) groups is 1. The van der Waals surface area contributed by atoms with E-state index in [-0.39, 0.29) is 11.7 Å². The molecule has 0 aliphatic rings. The van der Waals surface area contributed by atoms with Crippen molar-refractivity contribution in [1.29, 1.82) is 0 Å². The van der Waals surface area contributed by atoms with Gasteiger partial charge in [0.25, 0.3) is 0 Å². The van der Waals surface area contributed by atoms with Crippen LogP contribution in [0.2, 0.25) is 0 Å². The molecule has 0 aliphatic carbocycles. The summed E-state index contributed by atoms with van der Waals surface area (Å²) in [6, 6.07) is 0.296. The SMILES string of the molecule is CCCOC(=O)CSc1nncn1C(C)C. The maximum absolute atomic E-state index is 11.3. The van der Waals surface area contributed by atoms with Crippen molar-refractivity contribution in [1.82, 2.24) is 14.8 Å². The first-order valence-corrected chi connectivity index (χ1v) is 6.31. The highest BCUT2D eigenvalue weighted by Gasteiger charge is 2.10. The molecule has 5 nitrogen and oxygen atoms in total. The normalized spacial score (nSPS) is 10.8. The predicted molar refractivity (Wildman–Crippen MR) is 62.4 cm³/mol. The molecule has 0 amide bonds. The Balaban J connectivity index is 2.42. The van der Waals surface area contributed by atoms with Crippen LogP contribution in [0.3, 0.4) is 0 Å². The fraction of sp³-hybridized carbons (Fsp3) is 0.700. The summed E-state index contributed by atoms with van der Waals surface area (Å²) < 4.78 is 6.90. The zero-order chi connectivity index (χ0) is 12.0. The molecule has 0 fully saturated rings. The van der Waals surface area contributed by atoms with E-state index < -0.39 is 0 Å². The average molecular weight is 243 g/mol. The Hall–Kier alpha value is -1.04. The number of carbonyl (C=O) groups excluding carboxylic acids is 1. The molecule has 0 aliphatic heterocycles. The van der Waals surface area contributed by atoms with Gasteiger partial charge in [-0.2, -0.15) is 0 Å². The Bertz CT molecular complexity index is 339. The summed E-state index contributed by atoms with van der Waals surface area (Å²) >= 11 is 1.36. The van der Waals surface area contributed by atoms with E-state index in [1.807, 2.05) is 25.3 Å². The van der Waals surface area contributed by atoms with Crippen LogP contribution in [-0.4, -0.2) is 33.1 Å². The van der Waals surface area contributed by atoms with E-state index in [1.54, 1.807) is 6.33 Å². The predicted octanol–water partition coefficient (Wildman–Crippen LogP) is 1.90. The number of aromatic nitrogens is 3. The largest absolute Gasteiger partial charge is 0.465 e. The molecule has 1 heterocycles. The summed E-state index contributed by atoms with van der Waals surface area (Å²) in [5.74, 6) is 0.0796. The van der Waals surface area contributed by atoms with Gasteiger partial charge >= 0.3 is 5.97 Å². The van der Waals surface area contributed by atoms with E-state index in [2.05, 4.69) is 10.2 Å². The molecule has 0 unspecified atom stereocenters. The molecule has 6 heteroatoms. The lowest BCUT2D eigenvalue weighted by Gasteiger charge is -2.08. The van der Waals surface area contributed by atoms with Crippen molar-refractivity contribution < 1.29 is 9.53 Å². The second-order valence-corrected chi connectivity index (χ2v) is 4.57. The van der Waals surface area contributed by atoms with Crippen LogP contribution in [-0.2, 0) is 9.53 Å². The molecule has 0 radical (unpaired) electrons. The Kier molecular flexibility index (Phi) is 5.31. The zero-order valence-corrected chi connectivity index (χ0v) is 10.7. The molecule has 1 aromatic heterocycles. The quantitative estimate of drug-likeness (QED) is 0.564. The third kappa shape index (κ3) is 3.84. The highest BCUT2D eigenvalue weighted by Crippen LogP contribution is 2.18. The third-order valence-corrected chi connectivity index (χ3v) is 2.81. The molecule has 0 saturated heterocycles. The van der Waals surface area contributed by atoms with Crippen molar-refractivity contribution in [3.8, 4) is 0 Å². The highest BCUT2D eigenvalue weighted by molar-refractivity contribution is 7.99. The first kappa shape index (κ1) is 13.0. The molecule has 0 atom stereocenters. The molecule has 0 aromatic carbocycles. The van der Waals surface area contributed by atoms with Crippen molar-refractivity contribution >= 4 is 17.7 Å². The van der Waals surface area contributed by atoms with Crippen molar-refractivity contribution in [2.75, 3.05) is 12.4 Å². The number of rotatable bonds is 6. The highest BCUT2D eigenvalue weighted by atomic mass is 32.2. The van der Waals surface area contributed by atoms with Crippen LogP contribution >= 0.6 is 11.8 Å². The molecule has 0 saturated carbocycles. The molecule has 1 rings (SSSR count). The van der Waals surface area contributed by atoms with E-state index in [9.17, 15) is 4.79 Å². The van der Waals surface area contributed by atoms with Gasteiger partial charge in [-0.25, -0.2) is 0 Å². The van der Waals surface area contributed by atoms with Gasteiger partial charge in [-0.1, -0.05) is 18.7 Å². The number of ether oxygens (including phenoxy) is 1. The van der Waals surface area contributed by atoms with Crippen molar-refractivity contribution in [2.24, 2.45) is 0 Å². The molecule has 1 aromatic rings. The fourth-order valence-electron chi connectivity index (χ4n) is 1.07. The van der Waals surface area contributed by atoms with Gasteiger partial charge in [0.1, 0.15) is 6.33 Å². The van der Waals surface area contributed by atoms with Gasteiger partial charge in [-0.05, 0) is 20.3 Å². The summed E-state index contributed by atoms with van der Waals surface area (Å²) in [6.07, 6.45) is 2.52. The average Bonchev–Trinajstić information content (AvgIpc) is 2.71. The smallest absolute Gasteiger partial charge is 0.316 e. The van der Waals surface area contributed by atoms with Gasteiger partial charge in [-0.15, -0.1) is 10.2 Å². The molecule has 16 heavy (non-hydrogen) atoms. The van der Waals surface area contributed by atoms with E-state index >= 15 is 0 Å². The second-order valence-electron chi connectivity index (χ2n) is 3.62. The molecular weight excluding hydrogens is 226 g/mol. The van der Waals surface area contributed by atoms with E-state index in [0.717, 1.165) is 11.6 Å². The lowest BCUT2D eigenvalue weighted by atomic mass is 10.4. The third-order valence-electron chi connectivity index (χ3n) is 1.88. The van der Waals surface area contributed by atoms with E-state index in [1.165, 1.54) is 11.8 Å². The van der Waals surface area contributed by atoms with E-state index in [4.69, 9.17) is 4.74 Å². The van der Waals surface area contributed by atoms with Crippen LogP contribution < -0.4 is 0 Å². The minimum atomic E-state index is -0.204. The Labute approximate surface area is 99.6 Å². The fourth-order valence-corrected chi connectivity index (χ4v) is 1.91. The van der Waals surface area contributed by atoms with E-state index in [0.29, 0.717) is 12.6 Å². The van der Waals surface area contributed by atoms with Crippen LogP contribution in [0.15, 0.2) is 11.5 Å². The van der Waals surface area contributed by atoms with Gasteiger partial charge < -0.3 is 9.30 Å². The van der Waals surface area contributed by atoms with Crippen LogP contribution in [0.4, 0.5) is 0 Å². The summed E-state index contributed by atoms with van der Waals surface area (Å²) in [6.45, 7) is 6.54. The second kappa shape index (κ2) is 6.52. The molecule has 0 spiro atoms. The Morgan fingerprint density at radius 1 is 1.62 bits per heavy atom. The van der Waals surface area contributed by atoms with Gasteiger partial charge in [0.15, 0.2) is 5.16 Å². The van der Waals surface area contributed by atoms with Crippen LogP contribution in [0.25, 0.3) is 0 Å². The van der Waals surface area contributed by atoms with Gasteiger partial charge in [0, 0.05) is 6.04 Å².